The van der Waals surface area contributed by atoms with Crippen molar-refractivity contribution < 1.29 is 14.0 Å². The molecule has 2 N–H and O–H groups in total. The molecular formula is C22H18N4O3. The van der Waals surface area contributed by atoms with E-state index in [4.69, 9.17) is 4.42 Å². The summed E-state index contributed by atoms with van der Waals surface area (Å²) in [6.07, 6.45) is 3.34. The molecule has 0 saturated heterocycles. The lowest BCUT2D eigenvalue weighted by molar-refractivity contribution is 0.0846. The number of benzene rings is 1. The fourth-order valence-corrected chi connectivity index (χ4v) is 3.14. The fraction of sp³-hybridized carbons (Fsp3) is 0.0909. The van der Waals surface area contributed by atoms with Crippen molar-refractivity contribution in [1.82, 2.24) is 20.8 Å². The Bertz CT molecular complexity index is 1220. The van der Waals surface area contributed by atoms with Crippen LogP contribution in [0.15, 0.2) is 65.3 Å². The molecule has 3 heterocycles. The van der Waals surface area contributed by atoms with Gasteiger partial charge in [-0.1, -0.05) is 18.2 Å². The van der Waals surface area contributed by atoms with Crippen molar-refractivity contribution in [3.8, 4) is 11.3 Å². The molecule has 0 saturated carbocycles. The van der Waals surface area contributed by atoms with E-state index in [1.165, 1.54) is 0 Å². The number of carbonyl (C=O) groups is 2. The maximum atomic E-state index is 12.9. The second kappa shape index (κ2) is 7.55. The quantitative estimate of drug-likeness (QED) is 0.525. The Morgan fingerprint density at radius 3 is 2.28 bits per heavy atom. The summed E-state index contributed by atoms with van der Waals surface area (Å²) in [5.41, 5.74) is 7.87. The van der Waals surface area contributed by atoms with Crippen LogP contribution in [0.4, 0.5) is 0 Å². The minimum absolute atomic E-state index is 0.375. The average Bonchev–Trinajstić information content (AvgIpc) is 3.09. The van der Waals surface area contributed by atoms with Gasteiger partial charge in [0.2, 0.25) is 0 Å². The van der Waals surface area contributed by atoms with Crippen LogP contribution in [0.3, 0.4) is 0 Å². The summed E-state index contributed by atoms with van der Waals surface area (Å²) < 4.78 is 5.36. The first-order valence-corrected chi connectivity index (χ1v) is 9.01. The van der Waals surface area contributed by atoms with Gasteiger partial charge in [-0.15, -0.1) is 0 Å². The Morgan fingerprint density at radius 2 is 1.59 bits per heavy atom. The van der Waals surface area contributed by atoms with E-state index >= 15 is 0 Å². The van der Waals surface area contributed by atoms with Crippen molar-refractivity contribution in [1.29, 1.82) is 0 Å². The van der Waals surface area contributed by atoms with Crippen molar-refractivity contribution in [2.75, 3.05) is 0 Å². The van der Waals surface area contributed by atoms with E-state index in [2.05, 4.69) is 20.8 Å². The molecule has 7 nitrogen and oxygen atoms in total. The molecule has 2 amide bonds. The number of nitrogens with zero attached hydrogens (tertiary/aromatic N) is 2. The molecule has 0 fully saturated rings. The highest BCUT2D eigenvalue weighted by Gasteiger charge is 2.17. The van der Waals surface area contributed by atoms with Crippen LogP contribution in [0.2, 0.25) is 0 Å². The minimum Gasteiger partial charge on any atom is -0.466 e. The summed E-state index contributed by atoms with van der Waals surface area (Å²) in [4.78, 5) is 33.9. The van der Waals surface area contributed by atoms with Gasteiger partial charge in [0.05, 0.1) is 22.3 Å². The SMILES string of the molecule is Cc1cc(C(=O)NNC(=O)c2cc(-c3ccncc3)nc3ccccc23)c(C)o1. The largest absolute Gasteiger partial charge is 0.466 e. The molecule has 3 aromatic heterocycles. The maximum absolute atomic E-state index is 12.9. The number of para-hydroxylation sites is 1. The van der Waals surface area contributed by atoms with Gasteiger partial charge >= 0.3 is 0 Å². The summed E-state index contributed by atoms with van der Waals surface area (Å²) >= 11 is 0. The van der Waals surface area contributed by atoms with Crippen LogP contribution in [-0.4, -0.2) is 21.8 Å². The number of amides is 2. The van der Waals surface area contributed by atoms with Gasteiger partial charge in [-0.25, -0.2) is 4.98 Å². The van der Waals surface area contributed by atoms with E-state index in [0.717, 1.165) is 5.56 Å². The van der Waals surface area contributed by atoms with E-state index < -0.39 is 11.8 Å². The van der Waals surface area contributed by atoms with E-state index in [-0.39, 0.29) is 0 Å². The van der Waals surface area contributed by atoms with Crippen LogP contribution < -0.4 is 10.9 Å². The maximum Gasteiger partial charge on any atom is 0.273 e. The lowest BCUT2D eigenvalue weighted by Gasteiger charge is -2.11. The summed E-state index contributed by atoms with van der Waals surface area (Å²) in [5, 5.41) is 0.687. The zero-order valence-electron chi connectivity index (χ0n) is 15.9. The van der Waals surface area contributed by atoms with Crippen molar-refractivity contribution in [2.24, 2.45) is 0 Å². The van der Waals surface area contributed by atoms with Gasteiger partial charge in [0, 0.05) is 23.3 Å². The Labute approximate surface area is 166 Å². The predicted molar refractivity (Wildman–Crippen MR) is 108 cm³/mol. The number of carbonyl (C=O) groups excluding carboxylic acids is 2. The van der Waals surface area contributed by atoms with E-state index in [1.807, 2.05) is 36.4 Å². The normalized spacial score (nSPS) is 10.7. The third-order valence-electron chi connectivity index (χ3n) is 4.51. The Hall–Kier alpha value is -4.00. The molecule has 7 heteroatoms. The molecule has 144 valence electrons. The summed E-state index contributed by atoms with van der Waals surface area (Å²) in [6, 6.07) is 14.3. The highest BCUT2D eigenvalue weighted by molar-refractivity contribution is 6.08. The van der Waals surface area contributed by atoms with Crippen molar-refractivity contribution in [2.45, 2.75) is 13.8 Å². The monoisotopic (exact) mass is 386 g/mol. The number of hydrogen-bond donors (Lipinski definition) is 2. The first-order valence-electron chi connectivity index (χ1n) is 9.01. The van der Waals surface area contributed by atoms with Crippen LogP contribution in [0.1, 0.15) is 32.2 Å². The smallest absolute Gasteiger partial charge is 0.273 e. The fourth-order valence-electron chi connectivity index (χ4n) is 3.14. The zero-order valence-corrected chi connectivity index (χ0v) is 15.9. The molecule has 0 unspecified atom stereocenters. The van der Waals surface area contributed by atoms with Crippen molar-refractivity contribution in [3.63, 3.8) is 0 Å². The molecule has 0 aliphatic rings. The third kappa shape index (κ3) is 3.70. The van der Waals surface area contributed by atoms with Gasteiger partial charge in [0.1, 0.15) is 11.5 Å². The molecule has 0 bridgehead atoms. The molecule has 29 heavy (non-hydrogen) atoms. The number of nitrogens with one attached hydrogen (secondary N) is 2. The molecule has 0 radical (unpaired) electrons. The van der Waals surface area contributed by atoms with Gasteiger partial charge in [-0.3, -0.25) is 25.4 Å². The Morgan fingerprint density at radius 1 is 0.897 bits per heavy atom. The lowest BCUT2D eigenvalue weighted by atomic mass is 10.0. The van der Waals surface area contributed by atoms with Gasteiger partial charge in [-0.05, 0) is 44.2 Å². The minimum atomic E-state index is -0.444. The van der Waals surface area contributed by atoms with Crippen LogP contribution in [0, 0.1) is 13.8 Å². The molecular weight excluding hydrogens is 368 g/mol. The molecule has 0 aliphatic heterocycles. The van der Waals surface area contributed by atoms with Crippen molar-refractivity contribution in [3.05, 3.63) is 83.6 Å². The van der Waals surface area contributed by atoms with E-state index in [1.54, 1.807) is 38.4 Å². The number of hydrazine groups is 1. The number of pyridine rings is 2. The molecule has 0 atom stereocenters. The van der Waals surface area contributed by atoms with Crippen LogP contribution in [-0.2, 0) is 0 Å². The molecule has 4 rings (SSSR count). The number of hydrogen-bond acceptors (Lipinski definition) is 5. The van der Waals surface area contributed by atoms with E-state index in [9.17, 15) is 9.59 Å². The highest BCUT2D eigenvalue weighted by Crippen LogP contribution is 2.24. The molecule has 1 aromatic carbocycles. The topological polar surface area (TPSA) is 97.1 Å². The number of fused-ring (bicyclic) bond motifs is 1. The van der Waals surface area contributed by atoms with E-state index in [0.29, 0.717) is 39.2 Å². The van der Waals surface area contributed by atoms with Gasteiger partial charge in [-0.2, -0.15) is 0 Å². The van der Waals surface area contributed by atoms with Gasteiger partial charge in [0.25, 0.3) is 11.8 Å². The second-order valence-electron chi connectivity index (χ2n) is 6.54. The first-order chi connectivity index (χ1) is 14.0. The molecule has 4 aromatic rings. The van der Waals surface area contributed by atoms with Crippen molar-refractivity contribution >= 4 is 22.7 Å². The lowest BCUT2D eigenvalue weighted by Crippen LogP contribution is -2.41. The summed E-state index contributed by atoms with van der Waals surface area (Å²) in [7, 11) is 0. The second-order valence-corrected chi connectivity index (χ2v) is 6.54. The summed E-state index contributed by atoms with van der Waals surface area (Å²) in [6.45, 7) is 3.45. The molecule has 0 spiro atoms. The van der Waals surface area contributed by atoms with Crippen LogP contribution in [0.5, 0.6) is 0 Å². The number of aromatic nitrogens is 2. The average molecular weight is 386 g/mol. The Balaban J connectivity index is 1.64. The molecule has 0 aliphatic carbocycles. The van der Waals surface area contributed by atoms with Gasteiger partial charge in [0.15, 0.2) is 0 Å². The third-order valence-corrected chi connectivity index (χ3v) is 4.51. The number of aryl methyl sites for hydroxylation is 2. The standard InChI is InChI=1S/C22H18N4O3/c1-13-11-17(14(2)29-13)21(27)25-26-22(28)18-12-20(15-7-9-23-10-8-15)24-19-6-4-3-5-16(18)19/h3-12H,1-2H3,(H,25,27)(H,26,28). The highest BCUT2D eigenvalue weighted by atomic mass is 16.3. The number of furan rings is 1. The zero-order chi connectivity index (χ0) is 20.4. The van der Waals surface area contributed by atoms with Gasteiger partial charge < -0.3 is 4.42 Å². The number of rotatable bonds is 3. The summed E-state index contributed by atoms with van der Waals surface area (Å²) in [5.74, 6) is 0.232. The van der Waals surface area contributed by atoms with Crippen LogP contribution >= 0.6 is 0 Å². The predicted octanol–water partition coefficient (Wildman–Crippen LogP) is 3.58. The van der Waals surface area contributed by atoms with Crippen LogP contribution in [0.25, 0.3) is 22.2 Å². The first kappa shape index (κ1) is 18.4. The Kier molecular flexibility index (Phi) is 4.78.